The molecule has 0 aromatic rings. The van der Waals surface area contributed by atoms with Crippen molar-refractivity contribution in [1.29, 1.82) is 0 Å². The Bertz CT molecular complexity index is 554. The number of hydrogen-bond donors (Lipinski definition) is 0. The Balaban J connectivity index is 2.17. The smallest absolute Gasteiger partial charge is 0.311 e. The third kappa shape index (κ3) is 3.84. The lowest BCUT2D eigenvalue weighted by Crippen LogP contribution is -2.53. The van der Waals surface area contributed by atoms with Crippen LogP contribution >= 0.6 is 0 Å². The fourth-order valence-corrected chi connectivity index (χ4v) is 5.88. The van der Waals surface area contributed by atoms with Gasteiger partial charge in [-0.05, 0) is 68.6 Å². The van der Waals surface area contributed by atoms with E-state index in [4.69, 9.17) is 9.47 Å². The van der Waals surface area contributed by atoms with Gasteiger partial charge in [-0.1, -0.05) is 32.4 Å². The first kappa shape index (κ1) is 21.0. The Morgan fingerprint density at radius 1 is 1.23 bits per heavy atom. The monoisotopic (exact) mass is 364 g/mol. The molecule has 0 N–H and O–H groups in total. The molecule has 0 aromatic heterocycles. The standard InChI is InChI=1S/C22H36O4/c1-15(14-19(23)25-5)8-10-17-16(2)9-11-18-21(17,3)12-7-13-22(18,4)20(24)26-6/h15,17-18H,2,7-14H2,1,3-6H3/t15-,17+,18-,21-,22-/m1/s1. The molecule has 148 valence electrons. The predicted octanol–water partition coefficient (Wildman–Crippen LogP) is 4.92. The first-order valence-electron chi connectivity index (χ1n) is 10.0. The quantitative estimate of drug-likeness (QED) is 0.496. The van der Waals surface area contributed by atoms with Gasteiger partial charge >= 0.3 is 11.9 Å². The summed E-state index contributed by atoms with van der Waals surface area (Å²) in [7, 11) is 2.95. The minimum absolute atomic E-state index is 0.0567. The van der Waals surface area contributed by atoms with Crippen LogP contribution in [0.4, 0.5) is 0 Å². The third-order valence-corrected chi connectivity index (χ3v) is 7.36. The highest BCUT2D eigenvalue weighted by atomic mass is 16.5. The molecule has 0 saturated heterocycles. The fraction of sp³-hybridized carbons (Fsp3) is 0.818. The molecule has 2 fully saturated rings. The average molecular weight is 365 g/mol. The van der Waals surface area contributed by atoms with Crippen LogP contribution in [0.3, 0.4) is 0 Å². The Hall–Kier alpha value is -1.32. The van der Waals surface area contributed by atoms with Gasteiger partial charge in [0.05, 0.1) is 19.6 Å². The maximum absolute atomic E-state index is 12.6. The third-order valence-electron chi connectivity index (χ3n) is 7.36. The number of fused-ring (bicyclic) bond motifs is 1. The van der Waals surface area contributed by atoms with Crippen LogP contribution in [0.1, 0.15) is 72.1 Å². The van der Waals surface area contributed by atoms with E-state index in [9.17, 15) is 9.59 Å². The van der Waals surface area contributed by atoms with E-state index < -0.39 is 5.41 Å². The van der Waals surface area contributed by atoms with Gasteiger partial charge in [0.15, 0.2) is 0 Å². The molecule has 2 rings (SSSR count). The number of allylic oxidation sites excluding steroid dienone is 1. The highest BCUT2D eigenvalue weighted by Gasteiger charge is 2.57. The van der Waals surface area contributed by atoms with Crippen molar-refractivity contribution in [1.82, 2.24) is 0 Å². The highest BCUT2D eigenvalue weighted by Crippen LogP contribution is 2.62. The number of esters is 2. The van der Waals surface area contributed by atoms with E-state index in [1.54, 1.807) is 0 Å². The van der Waals surface area contributed by atoms with Crippen LogP contribution in [-0.4, -0.2) is 26.2 Å². The van der Waals surface area contributed by atoms with E-state index in [0.29, 0.717) is 24.2 Å². The molecule has 2 aliphatic rings. The number of hydrogen-bond acceptors (Lipinski definition) is 4. The second-order valence-corrected chi connectivity index (χ2v) is 9.03. The summed E-state index contributed by atoms with van der Waals surface area (Å²) in [4.78, 5) is 24.1. The highest BCUT2D eigenvalue weighted by molar-refractivity contribution is 5.77. The molecule has 0 aliphatic heterocycles. The van der Waals surface area contributed by atoms with Crippen LogP contribution in [0, 0.1) is 28.6 Å². The molecule has 0 spiro atoms. The van der Waals surface area contributed by atoms with Crippen LogP contribution in [0.25, 0.3) is 0 Å². The molecule has 0 aromatic carbocycles. The minimum atomic E-state index is -0.391. The molecule has 4 heteroatoms. The molecule has 0 unspecified atom stereocenters. The van der Waals surface area contributed by atoms with Crippen molar-refractivity contribution in [3.63, 3.8) is 0 Å². The second kappa shape index (κ2) is 8.14. The average Bonchev–Trinajstić information content (AvgIpc) is 2.59. The van der Waals surface area contributed by atoms with Crippen molar-refractivity contribution in [2.75, 3.05) is 14.2 Å². The summed E-state index contributed by atoms with van der Waals surface area (Å²) in [6, 6.07) is 0. The summed E-state index contributed by atoms with van der Waals surface area (Å²) >= 11 is 0. The number of carbonyl (C=O) groups is 2. The van der Waals surface area contributed by atoms with Gasteiger partial charge < -0.3 is 9.47 Å². The summed E-state index contributed by atoms with van der Waals surface area (Å²) in [6.45, 7) is 11.0. The largest absolute Gasteiger partial charge is 0.469 e. The molecule has 26 heavy (non-hydrogen) atoms. The van der Waals surface area contributed by atoms with Crippen molar-refractivity contribution >= 4 is 11.9 Å². The molecular formula is C22H36O4. The van der Waals surface area contributed by atoms with E-state index in [1.165, 1.54) is 19.8 Å². The summed E-state index contributed by atoms with van der Waals surface area (Å²) in [6.07, 6.45) is 7.60. The maximum atomic E-state index is 12.6. The lowest BCUT2D eigenvalue weighted by Gasteiger charge is -2.57. The number of methoxy groups -OCH3 is 2. The van der Waals surface area contributed by atoms with Gasteiger partial charge in [-0.2, -0.15) is 0 Å². The molecule has 5 atom stereocenters. The van der Waals surface area contributed by atoms with Crippen molar-refractivity contribution < 1.29 is 19.1 Å². The lowest BCUT2D eigenvalue weighted by molar-refractivity contribution is -0.168. The topological polar surface area (TPSA) is 52.6 Å². The Morgan fingerprint density at radius 2 is 1.92 bits per heavy atom. The van der Waals surface area contributed by atoms with Crippen molar-refractivity contribution in [2.45, 2.75) is 72.1 Å². The van der Waals surface area contributed by atoms with Crippen molar-refractivity contribution in [2.24, 2.45) is 28.6 Å². The van der Waals surface area contributed by atoms with Crippen molar-refractivity contribution in [3.05, 3.63) is 12.2 Å². The Labute approximate surface area is 158 Å². The predicted molar refractivity (Wildman–Crippen MR) is 102 cm³/mol. The Kier molecular flexibility index (Phi) is 6.57. The maximum Gasteiger partial charge on any atom is 0.311 e. The van der Waals surface area contributed by atoms with Gasteiger partial charge in [0.2, 0.25) is 0 Å². The molecule has 0 amide bonds. The van der Waals surface area contributed by atoms with E-state index >= 15 is 0 Å². The van der Waals surface area contributed by atoms with Gasteiger partial charge in [-0.25, -0.2) is 0 Å². The molecule has 4 nitrogen and oxygen atoms in total. The zero-order chi connectivity index (χ0) is 19.5. The van der Waals surface area contributed by atoms with Gasteiger partial charge in [0.25, 0.3) is 0 Å². The summed E-state index contributed by atoms with van der Waals surface area (Å²) in [5, 5.41) is 0. The number of rotatable bonds is 6. The van der Waals surface area contributed by atoms with Gasteiger partial charge in [-0.15, -0.1) is 0 Å². The SMILES string of the molecule is C=C1CC[C@@H]2[C@](C)(CCC[C@@]2(C)C(=O)OC)[C@H]1CC[C@@H](C)CC(=O)OC. The van der Waals surface area contributed by atoms with Crippen LogP contribution in [0.5, 0.6) is 0 Å². The fourth-order valence-electron chi connectivity index (χ4n) is 5.88. The zero-order valence-corrected chi connectivity index (χ0v) is 17.2. The Morgan fingerprint density at radius 3 is 2.54 bits per heavy atom. The molecule has 2 aliphatic carbocycles. The van der Waals surface area contributed by atoms with Crippen LogP contribution in [0.15, 0.2) is 12.2 Å². The molecule has 0 bridgehead atoms. The molecule has 0 heterocycles. The van der Waals surface area contributed by atoms with Gasteiger partial charge in [-0.3, -0.25) is 9.59 Å². The van der Waals surface area contributed by atoms with Gasteiger partial charge in [0.1, 0.15) is 0 Å². The second-order valence-electron chi connectivity index (χ2n) is 9.03. The van der Waals surface area contributed by atoms with Crippen LogP contribution in [0.2, 0.25) is 0 Å². The normalized spacial score (nSPS) is 35.3. The number of ether oxygens (including phenoxy) is 2. The number of carbonyl (C=O) groups excluding carboxylic acids is 2. The van der Waals surface area contributed by atoms with Crippen molar-refractivity contribution in [3.8, 4) is 0 Å². The lowest BCUT2D eigenvalue weighted by atomic mass is 9.46. The molecule has 0 radical (unpaired) electrons. The summed E-state index contributed by atoms with van der Waals surface area (Å²) < 4.78 is 9.99. The summed E-state index contributed by atoms with van der Waals surface area (Å²) in [5.74, 6) is 0.849. The minimum Gasteiger partial charge on any atom is -0.469 e. The van der Waals surface area contributed by atoms with Gasteiger partial charge in [0, 0.05) is 6.42 Å². The summed E-state index contributed by atoms with van der Waals surface area (Å²) in [5.41, 5.74) is 1.02. The zero-order valence-electron chi connectivity index (χ0n) is 17.2. The van der Waals surface area contributed by atoms with E-state index in [0.717, 1.165) is 44.9 Å². The van der Waals surface area contributed by atoms with E-state index in [1.807, 2.05) is 0 Å². The van der Waals surface area contributed by atoms with Crippen LogP contribution < -0.4 is 0 Å². The molecular weight excluding hydrogens is 328 g/mol. The molecule has 2 saturated carbocycles. The van der Waals surface area contributed by atoms with E-state index in [2.05, 4.69) is 27.4 Å². The van der Waals surface area contributed by atoms with E-state index in [-0.39, 0.29) is 17.4 Å². The first-order chi connectivity index (χ1) is 12.2. The first-order valence-corrected chi connectivity index (χ1v) is 10.0. The van der Waals surface area contributed by atoms with Crippen LogP contribution in [-0.2, 0) is 19.1 Å².